The van der Waals surface area contributed by atoms with Crippen molar-refractivity contribution in [3.8, 4) is 0 Å². The fourth-order valence-corrected chi connectivity index (χ4v) is 2.72. The van der Waals surface area contributed by atoms with Gasteiger partial charge in [0.05, 0.1) is 11.9 Å². The van der Waals surface area contributed by atoms with E-state index in [1.807, 2.05) is 18.5 Å². The normalized spacial score (nSPS) is 21.8. The van der Waals surface area contributed by atoms with Crippen LogP contribution in [0.15, 0.2) is 18.5 Å². The first-order valence-corrected chi connectivity index (χ1v) is 6.77. The minimum absolute atomic E-state index is 0.556. The predicted octanol–water partition coefficient (Wildman–Crippen LogP) is 2.35. The zero-order valence-electron chi connectivity index (χ0n) is 10.6. The molecule has 0 aromatic carbocycles. The van der Waals surface area contributed by atoms with Gasteiger partial charge in [-0.2, -0.15) is 0 Å². The Morgan fingerprint density at radius 2 is 2.29 bits per heavy atom. The number of hydrogen-bond acceptors (Lipinski definition) is 3. The molecule has 1 aromatic heterocycles. The van der Waals surface area contributed by atoms with Crippen molar-refractivity contribution in [1.29, 1.82) is 0 Å². The van der Waals surface area contributed by atoms with Gasteiger partial charge in [0.2, 0.25) is 0 Å². The molecule has 0 N–H and O–H groups in total. The molecule has 1 unspecified atom stereocenters. The third-order valence-corrected chi connectivity index (χ3v) is 3.83. The number of alkyl halides is 1. The first-order chi connectivity index (χ1) is 8.26. The van der Waals surface area contributed by atoms with Crippen molar-refractivity contribution < 1.29 is 0 Å². The highest BCUT2D eigenvalue weighted by Crippen LogP contribution is 2.23. The van der Waals surface area contributed by atoms with E-state index < -0.39 is 0 Å². The summed E-state index contributed by atoms with van der Waals surface area (Å²) in [5, 5.41) is 0. The number of aromatic nitrogens is 1. The van der Waals surface area contributed by atoms with Crippen LogP contribution in [0.25, 0.3) is 0 Å². The van der Waals surface area contributed by atoms with E-state index in [2.05, 4.69) is 28.6 Å². The molecule has 2 rings (SSSR count). The summed E-state index contributed by atoms with van der Waals surface area (Å²) in [6.45, 7) is 8.88. The second-order valence-electron chi connectivity index (χ2n) is 4.56. The highest BCUT2D eigenvalue weighted by Gasteiger charge is 2.23. The second-order valence-corrected chi connectivity index (χ2v) is 4.83. The molecular formula is C13H20ClN3. The second kappa shape index (κ2) is 5.69. The Hall–Kier alpha value is -0.800. The molecule has 0 radical (unpaired) electrons. The molecule has 1 atom stereocenters. The maximum atomic E-state index is 5.98. The van der Waals surface area contributed by atoms with Crippen LogP contribution in [0.2, 0.25) is 0 Å². The monoisotopic (exact) mass is 253 g/mol. The van der Waals surface area contributed by atoms with E-state index in [9.17, 15) is 0 Å². The van der Waals surface area contributed by atoms with Crippen molar-refractivity contribution in [2.45, 2.75) is 25.8 Å². The van der Waals surface area contributed by atoms with E-state index >= 15 is 0 Å². The van der Waals surface area contributed by atoms with Crippen LogP contribution in [-0.2, 0) is 5.88 Å². The van der Waals surface area contributed by atoms with Crippen molar-refractivity contribution in [1.82, 2.24) is 9.88 Å². The van der Waals surface area contributed by atoms with E-state index in [0.717, 1.165) is 26.2 Å². The molecule has 94 valence electrons. The molecule has 1 aliphatic heterocycles. The van der Waals surface area contributed by atoms with Gasteiger partial charge < -0.3 is 4.90 Å². The van der Waals surface area contributed by atoms with Crippen molar-refractivity contribution in [2.75, 3.05) is 31.1 Å². The summed E-state index contributed by atoms with van der Waals surface area (Å²) in [5.74, 6) is 0.556. The SMILES string of the molecule is CCN1CCN(c2cnccc2CCl)CC1C. The molecule has 3 nitrogen and oxygen atoms in total. The van der Waals surface area contributed by atoms with Crippen LogP contribution < -0.4 is 4.90 Å². The number of nitrogens with zero attached hydrogens (tertiary/aromatic N) is 3. The summed E-state index contributed by atoms with van der Waals surface area (Å²) < 4.78 is 0. The van der Waals surface area contributed by atoms with Crippen LogP contribution in [-0.4, -0.2) is 42.1 Å². The molecule has 1 saturated heterocycles. The number of pyridine rings is 1. The van der Waals surface area contributed by atoms with E-state index in [4.69, 9.17) is 11.6 Å². The number of halogens is 1. The van der Waals surface area contributed by atoms with Gasteiger partial charge in [-0.25, -0.2) is 0 Å². The van der Waals surface area contributed by atoms with Gasteiger partial charge in [-0.05, 0) is 25.1 Å². The van der Waals surface area contributed by atoms with Gasteiger partial charge in [0.25, 0.3) is 0 Å². The Bertz CT molecular complexity index is 369. The number of anilines is 1. The van der Waals surface area contributed by atoms with Crippen molar-refractivity contribution in [2.24, 2.45) is 0 Å². The lowest BCUT2D eigenvalue weighted by molar-refractivity contribution is 0.199. The number of hydrogen-bond donors (Lipinski definition) is 0. The largest absolute Gasteiger partial charge is 0.367 e. The number of piperazine rings is 1. The fraction of sp³-hybridized carbons (Fsp3) is 0.615. The standard InChI is InChI=1S/C13H20ClN3/c1-3-16-6-7-17(10-11(16)2)13-9-15-5-4-12(13)8-14/h4-5,9,11H,3,6-8,10H2,1-2H3. The van der Waals surface area contributed by atoms with Crippen LogP contribution in [0, 0.1) is 0 Å². The predicted molar refractivity (Wildman–Crippen MR) is 72.7 cm³/mol. The third-order valence-electron chi connectivity index (χ3n) is 3.54. The molecule has 0 bridgehead atoms. The van der Waals surface area contributed by atoms with Crippen LogP contribution in [0.4, 0.5) is 5.69 Å². The Morgan fingerprint density at radius 3 is 2.94 bits per heavy atom. The lowest BCUT2D eigenvalue weighted by atomic mass is 10.1. The fourth-order valence-electron chi connectivity index (χ4n) is 2.50. The van der Waals surface area contributed by atoms with Gasteiger partial charge >= 0.3 is 0 Å². The van der Waals surface area contributed by atoms with Crippen LogP contribution >= 0.6 is 11.6 Å². The van der Waals surface area contributed by atoms with Crippen molar-refractivity contribution in [3.63, 3.8) is 0 Å². The minimum atomic E-state index is 0.556. The molecule has 0 spiro atoms. The molecular weight excluding hydrogens is 234 g/mol. The van der Waals surface area contributed by atoms with Gasteiger partial charge in [-0.3, -0.25) is 9.88 Å². The molecule has 0 amide bonds. The lowest BCUT2D eigenvalue weighted by Crippen LogP contribution is -2.52. The maximum absolute atomic E-state index is 5.98. The smallest absolute Gasteiger partial charge is 0.0598 e. The van der Waals surface area contributed by atoms with E-state index in [1.165, 1.54) is 11.3 Å². The summed E-state index contributed by atoms with van der Waals surface area (Å²) >= 11 is 5.98. The molecule has 17 heavy (non-hydrogen) atoms. The summed E-state index contributed by atoms with van der Waals surface area (Å²) in [6.07, 6.45) is 3.75. The summed E-state index contributed by atoms with van der Waals surface area (Å²) in [5.41, 5.74) is 2.38. The number of rotatable bonds is 3. The highest BCUT2D eigenvalue weighted by molar-refractivity contribution is 6.17. The summed E-state index contributed by atoms with van der Waals surface area (Å²) in [7, 11) is 0. The Morgan fingerprint density at radius 1 is 1.47 bits per heavy atom. The first-order valence-electron chi connectivity index (χ1n) is 6.24. The molecule has 4 heteroatoms. The quantitative estimate of drug-likeness (QED) is 0.771. The molecule has 1 aromatic rings. The van der Waals surface area contributed by atoms with Gasteiger partial charge in [0.1, 0.15) is 0 Å². The average Bonchev–Trinajstić information content (AvgIpc) is 2.38. The Labute approximate surface area is 108 Å². The Kier molecular flexibility index (Phi) is 4.24. The van der Waals surface area contributed by atoms with Crippen LogP contribution in [0.1, 0.15) is 19.4 Å². The van der Waals surface area contributed by atoms with E-state index in [1.54, 1.807) is 0 Å². The molecule has 0 saturated carbocycles. The van der Waals surface area contributed by atoms with Crippen LogP contribution in [0.3, 0.4) is 0 Å². The average molecular weight is 254 g/mol. The van der Waals surface area contributed by atoms with E-state index in [-0.39, 0.29) is 0 Å². The third kappa shape index (κ3) is 2.72. The molecule has 1 aliphatic rings. The summed E-state index contributed by atoms with van der Waals surface area (Å²) in [6, 6.07) is 2.61. The van der Waals surface area contributed by atoms with E-state index in [0.29, 0.717) is 11.9 Å². The first kappa shape index (κ1) is 12.7. The summed E-state index contributed by atoms with van der Waals surface area (Å²) in [4.78, 5) is 9.13. The van der Waals surface area contributed by atoms with Gasteiger partial charge in [0.15, 0.2) is 0 Å². The highest BCUT2D eigenvalue weighted by atomic mass is 35.5. The van der Waals surface area contributed by atoms with Gasteiger partial charge in [0, 0.05) is 37.8 Å². The molecule has 0 aliphatic carbocycles. The van der Waals surface area contributed by atoms with Crippen molar-refractivity contribution >= 4 is 17.3 Å². The molecule has 2 heterocycles. The minimum Gasteiger partial charge on any atom is -0.367 e. The topological polar surface area (TPSA) is 19.4 Å². The zero-order chi connectivity index (χ0) is 12.3. The van der Waals surface area contributed by atoms with Crippen molar-refractivity contribution in [3.05, 3.63) is 24.0 Å². The van der Waals surface area contributed by atoms with Gasteiger partial charge in [-0.15, -0.1) is 11.6 Å². The molecule has 1 fully saturated rings. The Balaban J connectivity index is 2.13. The van der Waals surface area contributed by atoms with Gasteiger partial charge in [-0.1, -0.05) is 6.92 Å². The zero-order valence-corrected chi connectivity index (χ0v) is 11.3. The lowest BCUT2D eigenvalue weighted by Gasteiger charge is -2.40. The number of likely N-dealkylation sites (N-methyl/N-ethyl adjacent to an activating group) is 1. The maximum Gasteiger partial charge on any atom is 0.0598 e. The van der Waals surface area contributed by atoms with Crippen LogP contribution in [0.5, 0.6) is 0 Å².